The molecule has 0 spiro atoms. The number of carbonyl (C=O) groups is 1. The maximum Gasteiger partial charge on any atom is 0.252 e. The standard InChI is InChI=1S/C12H14N4O3/c1-18-9-4-7(16-5-10(13)15-6-16)3-8(12(14)17)11(9)19-2/h3-6H,13H2,1-2H3,(H2,14,17). The molecule has 1 amide bonds. The third-order valence-electron chi connectivity index (χ3n) is 2.63. The minimum Gasteiger partial charge on any atom is -0.493 e. The number of amides is 1. The summed E-state index contributed by atoms with van der Waals surface area (Å²) in [5.41, 5.74) is 11.8. The summed E-state index contributed by atoms with van der Waals surface area (Å²) in [6, 6.07) is 3.29. The van der Waals surface area contributed by atoms with Crippen molar-refractivity contribution in [3.05, 3.63) is 30.2 Å². The number of nitrogens with zero attached hydrogens (tertiary/aromatic N) is 2. The summed E-state index contributed by atoms with van der Waals surface area (Å²) in [5, 5.41) is 0. The van der Waals surface area contributed by atoms with E-state index in [1.54, 1.807) is 22.9 Å². The molecule has 2 rings (SSSR count). The van der Waals surface area contributed by atoms with E-state index < -0.39 is 5.91 Å². The first kappa shape index (κ1) is 12.7. The minimum atomic E-state index is -0.606. The normalized spacial score (nSPS) is 10.2. The maximum absolute atomic E-state index is 11.5. The molecule has 19 heavy (non-hydrogen) atoms. The molecule has 0 aliphatic rings. The van der Waals surface area contributed by atoms with E-state index in [0.29, 0.717) is 23.0 Å². The minimum absolute atomic E-state index is 0.226. The van der Waals surface area contributed by atoms with Gasteiger partial charge in [-0.05, 0) is 6.07 Å². The number of benzene rings is 1. The van der Waals surface area contributed by atoms with Crippen LogP contribution >= 0.6 is 0 Å². The van der Waals surface area contributed by atoms with Gasteiger partial charge in [0.15, 0.2) is 11.5 Å². The van der Waals surface area contributed by atoms with Gasteiger partial charge in [0.1, 0.15) is 12.1 Å². The molecule has 1 aromatic carbocycles. The van der Waals surface area contributed by atoms with E-state index in [-0.39, 0.29) is 5.56 Å². The Labute approximate surface area is 109 Å². The van der Waals surface area contributed by atoms with Gasteiger partial charge in [0.2, 0.25) is 0 Å². The zero-order valence-corrected chi connectivity index (χ0v) is 10.6. The molecule has 2 aromatic rings. The molecule has 1 heterocycles. The lowest BCUT2D eigenvalue weighted by Crippen LogP contribution is -2.14. The predicted octanol–water partition coefficient (Wildman–Crippen LogP) is 0.571. The highest BCUT2D eigenvalue weighted by molar-refractivity contribution is 5.97. The maximum atomic E-state index is 11.5. The Balaban J connectivity index is 2.64. The molecule has 0 atom stereocenters. The first-order valence-electron chi connectivity index (χ1n) is 5.42. The molecule has 7 nitrogen and oxygen atoms in total. The Hall–Kier alpha value is -2.70. The van der Waals surface area contributed by atoms with Crippen molar-refractivity contribution < 1.29 is 14.3 Å². The summed E-state index contributed by atoms with van der Waals surface area (Å²) in [7, 11) is 2.92. The molecule has 0 saturated heterocycles. The molecule has 0 fully saturated rings. The Bertz CT molecular complexity index is 621. The number of primary amides is 1. The highest BCUT2D eigenvalue weighted by Crippen LogP contribution is 2.33. The van der Waals surface area contributed by atoms with Gasteiger partial charge in [0, 0.05) is 6.07 Å². The molecule has 0 unspecified atom stereocenters. The number of rotatable bonds is 4. The summed E-state index contributed by atoms with van der Waals surface area (Å²) < 4.78 is 12.0. The molecule has 7 heteroatoms. The van der Waals surface area contributed by atoms with Gasteiger partial charge in [-0.3, -0.25) is 4.79 Å². The zero-order valence-electron chi connectivity index (χ0n) is 10.6. The molecule has 1 aromatic heterocycles. The van der Waals surface area contributed by atoms with Crippen LogP contribution in [0.5, 0.6) is 11.5 Å². The lowest BCUT2D eigenvalue weighted by atomic mass is 10.1. The van der Waals surface area contributed by atoms with E-state index in [2.05, 4.69) is 4.98 Å². The Morgan fingerprint density at radius 2 is 2.05 bits per heavy atom. The van der Waals surface area contributed by atoms with Crippen LogP contribution in [0.15, 0.2) is 24.7 Å². The van der Waals surface area contributed by atoms with Crippen LogP contribution in [0, 0.1) is 0 Å². The lowest BCUT2D eigenvalue weighted by Gasteiger charge is -2.13. The van der Waals surface area contributed by atoms with Crippen molar-refractivity contribution >= 4 is 11.7 Å². The van der Waals surface area contributed by atoms with Crippen molar-refractivity contribution in [2.75, 3.05) is 20.0 Å². The number of hydrogen-bond donors (Lipinski definition) is 2. The molecule has 0 aliphatic heterocycles. The number of carbonyl (C=O) groups excluding carboxylic acids is 1. The highest BCUT2D eigenvalue weighted by Gasteiger charge is 2.17. The van der Waals surface area contributed by atoms with Crippen LogP contribution in [0.2, 0.25) is 0 Å². The third-order valence-corrected chi connectivity index (χ3v) is 2.63. The SMILES string of the molecule is COc1cc(-n2cnc(N)c2)cc(C(N)=O)c1OC. The van der Waals surface area contributed by atoms with Gasteiger partial charge in [-0.2, -0.15) is 0 Å². The number of anilines is 1. The molecule has 0 bridgehead atoms. The fraction of sp³-hybridized carbons (Fsp3) is 0.167. The van der Waals surface area contributed by atoms with Crippen LogP contribution in [0.1, 0.15) is 10.4 Å². The van der Waals surface area contributed by atoms with Gasteiger partial charge in [-0.15, -0.1) is 0 Å². The number of hydrogen-bond acceptors (Lipinski definition) is 5. The van der Waals surface area contributed by atoms with Gasteiger partial charge in [-0.1, -0.05) is 0 Å². The van der Waals surface area contributed by atoms with Crippen LogP contribution in [-0.2, 0) is 0 Å². The number of nitrogen functional groups attached to an aromatic ring is 1. The van der Waals surface area contributed by atoms with E-state index in [9.17, 15) is 4.79 Å². The van der Waals surface area contributed by atoms with Crippen LogP contribution < -0.4 is 20.9 Å². The van der Waals surface area contributed by atoms with Crippen LogP contribution in [0.4, 0.5) is 5.82 Å². The topological polar surface area (TPSA) is 105 Å². The largest absolute Gasteiger partial charge is 0.493 e. The van der Waals surface area contributed by atoms with Crippen molar-refractivity contribution in [3.8, 4) is 17.2 Å². The van der Waals surface area contributed by atoms with E-state index in [0.717, 1.165) is 0 Å². The van der Waals surface area contributed by atoms with Crippen LogP contribution in [-0.4, -0.2) is 29.7 Å². The monoisotopic (exact) mass is 262 g/mol. The first-order valence-corrected chi connectivity index (χ1v) is 5.42. The zero-order chi connectivity index (χ0) is 14.0. The lowest BCUT2D eigenvalue weighted by molar-refractivity contribution is 0.0996. The van der Waals surface area contributed by atoms with Gasteiger partial charge in [0.25, 0.3) is 5.91 Å². The number of aromatic nitrogens is 2. The van der Waals surface area contributed by atoms with Crippen molar-refractivity contribution in [1.29, 1.82) is 0 Å². The molecule has 4 N–H and O–H groups in total. The average molecular weight is 262 g/mol. The van der Waals surface area contributed by atoms with Crippen molar-refractivity contribution in [3.63, 3.8) is 0 Å². The molecule has 0 radical (unpaired) electrons. The predicted molar refractivity (Wildman–Crippen MR) is 69.6 cm³/mol. The first-order chi connectivity index (χ1) is 9.06. The Morgan fingerprint density at radius 1 is 1.32 bits per heavy atom. The third kappa shape index (κ3) is 2.30. The van der Waals surface area contributed by atoms with Crippen LogP contribution in [0.3, 0.4) is 0 Å². The second kappa shape index (κ2) is 4.89. The van der Waals surface area contributed by atoms with E-state index in [1.807, 2.05) is 0 Å². The van der Waals surface area contributed by atoms with E-state index in [4.69, 9.17) is 20.9 Å². The fourth-order valence-electron chi connectivity index (χ4n) is 1.76. The second-order valence-electron chi connectivity index (χ2n) is 3.80. The number of imidazole rings is 1. The Morgan fingerprint density at radius 3 is 2.53 bits per heavy atom. The second-order valence-corrected chi connectivity index (χ2v) is 3.80. The molecule has 100 valence electrons. The summed E-state index contributed by atoms with van der Waals surface area (Å²) >= 11 is 0. The smallest absolute Gasteiger partial charge is 0.252 e. The number of nitrogens with two attached hydrogens (primary N) is 2. The van der Waals surface area contributed by atoms with Crippen molar-refractivity contribution in [1.82, 2.24) is 9.55 Å². The average Bonchev–Trinajstić information content (AvgIpc) is 2.83. The molecule has 0 saturated carbocycles. The number of ether oxygens (including phenoxy) is 2. The molecule has 0 aliphatic carbocycles. The summed E-state index contributed by atoms with van der Waals surface area (Å²) in [4.78, 5) is 15.4. The molecular formula is C12H14N4O3. The van der Waals surface area contributed by atoms with Gasteiger partial charge in [-0.25, -0.2) is 4.98 Å². The summed E-state index contributed by atoms with van der Waals surface area (Å²) in [6.45, 7) is 0. The highest BCUT2D eigenvalue weighted by atomic mass is 16.5. The number of methoxy groups -OCH3 is 2. The van der Waals surface area contributed by atoms with E-state index >= 15 is 0 Å². The molecular weight excluding hydrogens is 248 g/mol. The summed E-state index contributed by atoms with van der Waals surface area (Å²) in [5.74, 6) is 0.466. The van der Waals surface area contributed by atoms with Gasteiger partial charge in [0.05, 0.1) is 31.7 Å². The fourth-order valence-corrected chi connectivity index (χ4v) is 1.76. The van der Waals surface area contributed by atoms with Crippen molar-refractivity contribution in [2.45, 2.75) is 0 Å². The van der Waals surface area contributed by atoms with Crippen molar-refractivity contribution in [2.24, 2.45) is 5.73 Å². The van der Waals surface area contributed by atoms with Gasteiger partial charge >= 0.3 is 0 Å². The Kier molecular flexibility index (Phi) is 3.28. The quantitative estimate of drug-likeness (QED) is 0.838. The summed E-state index contributed by atoms with van der Waals surface area (Å²) in [6.07, 6.45) is 3.15. The van der Waals surface area contributed by atoms with Crippen LogP contribution in [0.25, 0.3) is 5.69 Å². The van der Waals surface area contributed by atoms with Gasteiger partial charge < -0.3 is 25.5 Å². The van der Waals surface area contributed by atoms with E-state index in [1.165, 1.54) is 20.5 Å².